The van der Waals surface area contributed by atoms with Crippen LogP contribution in [0.2, 0.25) is 0 Å². The number of hydrogen-bond donors (Lipinski definition) is 8. The molecule has 0 aromatic heterocycles. The lowest BCUT2D eigenvalue weighted by molar-refractivity contribution is -0.155. The molecule has 1 saturated carbocycles. The number of allylic oxidation sites excluding steroid dienone is 1. The van der Waals surface area contributed by atoms with Crippen LogP contribution in [0, 0.1) is 5.82 Å². The predicted octanol–water partition coefficient (Wildman–Crippen LogP) is 0.0571. The number of fused-ring (bicyclic) bond motifs is 1. The van der Waals surface area contributed by atoms with Gasteiger partial charge in [0, 0.05) is 11.1 Å². The van der Waals surface area contributed by atoms with Crippen LogP contribution in [0.15, 0.2) is 59.5 Å². The van der Waals surface area contributed by atoms with Gasteiger partial charge >= 0.3 is 0 Å². The molecule has 0 spiro atoms. The van der Waals surface area contributed by atoms with E-state index in [1.54, 1.807) is 18.2 Å². The molecule has 9 atom stereocenters. The Bertz CT molecular complexity index is 1500. The van der Waals surface area contributed by atoms with Gasteiger partial charge in [-0.15, -0.1) is 0 Å². The fourth-order valence-electron chi connectivity index (χ4n) is 5.39. The zero-order valence-electron chi connectivity index (χ0n) is 25.2. The van der Waals surface area contributed by atoms with E-state index >= 15 is 0 Å². The van der Waals surface area contributed by atoms with E-state index in [4.69, 9.17) is 23.8 Å². The Labute approximate surface area is 263 Å². The second kappa shape index (κ2) is 13.5. The number of carbonyl (C=O) groups excluding carboxylic acids is 1. The summed E-state index contributed by atoms with van der Waals surface area (Å²) < 4.78 is 35.7. The third-order valence-electron chi connectivity index (χ3n) is 8.15. The lowest BCUT2D eigenvalue weighted by Crippen LogP contribution is -2.67. The molecule has 15 heteroatoms. The lowest BCUT2D eigenvalue weighted by Gasteiger charge is -2.41. The Balaban J connectivity index is 1.21. The van der Waals surface area contributed by atoms with Crippen molar-refractivity contribution in [3.63, 3.8) is 0 Å². The van der Waals surface area contributed by atoms with Gasteiger partial charge in [-0.2, -0.15) is 0 Å². The largest absolute Gasteiger partial charge is 0.504 e. The van der Waals surface area contributed by atoms with Crippen molar-refractivity contribution in [1.29, 1.82) is 0 Å². The van der Waals surface area contributed by atoms with Crippen LogP contribution in [0.4, 0.5) is 4.39 Å². The molecule has 250 valence electrons. The minimum Gasteiger partial charge on any atom is -0.504 e. The third-order valence-corrected chi connectivity index (χ3v) is 8.15. The van der Waals surface area contributed by atoms with Crippen molar-refractivity contribution in [3.05, 3.63) is 76.4 Å². The van der Waals surface area contributed by atoms with Crippen LogP contribution in [0.1, 0.15) is 31.9 Å². The summed E-state index contributed by atoms with van der Waals surface area (Å²) in [5, 5.41) is 66.2. The first-order chi connectivity index (χ1) is 21.8. The Morgan fingerprint density at radius 2 is 1.76 bits per heavy atom. The number of halogens is 1. The number of phenols is 1. The Hall–Kier alpha value is -3.80. The molecule has 2 aliphatic heterocycles. The molecule has 3 fully saturated rings. The summed E-state index contributed by atoms with van der Waals surface area (Å²) in [6, 6.07) is 8.98. The number of hydrogen-bond acceptors (Lipinski definition) is 13. The fraction of sp³-hybridized carbons (Fsp3) is 0.452. The summed E-state index contributed by atoms with van der Waals surface area (Å²) in [4.78, 5) is 18.2. The Morgan fingerprint density at radius 3 is 2.46 bits per heavy atom. The average molecular weight is 649 g/mol. The van der Waals surface area contributed by atoms with Crippen molar-refractivity contribution < 1.29 is 63.6 Å². The standard InChI is InChI=1S/C31H37FN2O12/c1-14(29(40)33-21-22(36)24(38)27-26(23(21)37)42-13-43-27)10-16-8-9-20(19(35)11-16)45-30-31(3,41)28(39)25(46-30)15(2)34-44-12-17-6-4-5-7-18(17)32/h4-11,21-24,26-28,30,34-39,41H,12-13H2,1-3H3,(H,33,40)/t21-,22+,23-,24-,26+,27-,28-,30-,31-/m1/s1. The van der Waals surface area contributed by atoms with Crippen molar-refractivity contribution in [1.82, 2.24) is 10.8 Å². The summed E-state index contributed by atoms with van der Waals surface area (Å²) in [7, 11) is 0. The van der Waals surface area contributed by atoms with Crippen molar-refractivity contribution in [2.75, 3.05) is 6.79 Å². The quantitative estimate of drug-likeness (QED) is 0.134. The first kappa shape index (κ1) is 33.6. The number of ether oxygens (including phenoxy) is 4. The normalized spacial score (nSPS) is 33.6. The lowest BCUT2D eigenvalue weighted by atomic mass is 9.83. The molecule has 8 N–H and O–H groups in total. The highest BCUT2D eigenvalue weighted by Crippen LogP contribution is 2.39. The Morgan fingerprint density at radius 1 is 1.07 bits per heavy atom. The van der Waals surface area contributed by atoms with Crippen LogP contribution in [-0.2, 0) is 30.4 Å². The maximum atomic E-state index is 13.8. The molecule has 2 aromatic rings. The van der Waals surface area contributed by atoms with E-state index in [9.17, 15) is 39.8 Å². The summed E-state index contributed by atoms with van der Waals surface area (Å²) in [5.41, 5.74) is 1.62. The van der Waals surface area contributed by atoms with Crippen molar-refractivity contribution >= 4 is 12.0 Å². The van der Waals surface area contributed by atoms with E-state index in [2.05, 4.69) is 10.8 Å². The highest BCUT2D eigenvalue weighted by Gasteiger charge is 2.54. The number of amides is 1. The maximum Gasteiger partial charge on any atom is 0.272 e. The average Bonchev–Trinajstić information content (AvgIpc) is 3.60. The molecule has 2 saturated heterocycles. The molecule has 46 heavy (non-hydrogen) atoms. The second-order valence-corrected chi connectivity index (χ2v) is 11.6. The number of rotatable bonds is 9. The molecular formula is C31H37FN2O12. The van der Waals surface area contributed by atoms with E-state index in [-0.39, 0.29) is 41.9 Å². The summed E-state index contributed by atoms with van der Waals surface area (Å²) in [6.45, 7) is 3.98. The maximum absolute atomic E-state index is 13.8. The molecule has 2 aromatic carbocycles. The molecular weight excluding hydrogens is 611 g/mol. The van der Waals surface area contributed by atoms with Gasteiger partial charge in [0.15, 0.2) is 22.9 Å². The molecule has 3 aliphatic rings. The number of benzene rings is 2. The second-order valence-electron chi connectivity index (χ2n) is 11.6. The number of nitrogens with one attached hydrogen (secondary N) is 2. The minimum absolute atomic E-state index is 0.0903. The van der Waals surface area contributed by atoms with Gasteiger partial charge in [-0.05, 0) is 50.6 Å². The monoisotopic (exact) mass is 648 g/mol. The first-order valence-corrected chi connectivity index (χ1v) is 14.4. The number of aromatic hydroxyl groups is 1. The SMILES string of the molecule is CC(=Cc1ccc(O[C@@H]2OC(=C(C)NOCc3ccccc3F)[C@@H](O)[C@@]2(C)O)c(O)c1)C(=O)N[C@@H]1[C@H](O)[C@@H](O)[C@H]2OCO[C@H]2[C@@H]1O. The van der Waals surface area contributed by atoms with Gasteiger partial charge in [0.2, 0.25) is 5.91 Å². The number of hydroxylamine groups is 1. The predicted molar refractivity (Wildman–Crippen MR) is 155 cm³/mol. The van der Waals surface area contributed by atoms with E-state index in [0.29, 0.717) is 11.1 Å². The van der Waals surface area contributed by atoms with Crippen molar-refractivity contribution in [2.24, 2.45) is 0 Å². The minimum atomic E-state index is -1.96. The number of aliphatic hydroxyl groups is 5. The highest BCUT2D eigenvalue weighted by atomic mass is 19.1. The highest BCUT2D eigenvalue weighted by molar-refractivity contribution is 5.97. The van der Waals surface area contributed by atoms with Crippen LogP contribution < -0.4 is 15.5 Å². The number of phenolic OH excluding ortho intramolecular Hbond substituents is 1. The van der Waals surface area contributed by atoms with Gasteiger partial charge in [-0.25, -0.2) is 4.39 Å². The fourth-order valence-corrected chi connectivity index (χ4v) is 5.39. The first-order valence-electron chi connectivity index (χ1n) is 14.4. The molecule has 1 amide bonds. The smallest absolute Gasteiger partial charge is 0.272 e. The molecule has 0 radical (unpaired) electrons. The van der Waals surface area contributed by atoms with Crippen LogP contribution in [0.5, 0.6) is 11.5 Å². The third kappa shape index (κ3) is 6.67. The van der Waals surface area contributed by atoms with E-state index < -0.39 is 66.3 Å². The van der Waals surface area contributed by atoms with E-state index in [1.165, 1.54) is 51.1 Å². The summed E-state index contributed by atoms with van der Waals surface area (Å²) in [5.74, 6) is -1.67. The van der Waals surface area contributed by atoms with Crippen LogP contribution in [0.25, 0.3) is 6.08 Å². The Kier molecular flexibility index (Phi) is 9.86. The van der Waals surface area contributed by atoms with Gasteiger partial charge in [0.25, 0.3) is 6.29 Å². The van der Waals surface area contributed by atoms with Gasteiger partial charge in [0.05, 0.1) is 11.7 Å². The molecule has 0 unspecified atom stereocenters. The zero-order valence-corrected chi connectivity index (χ0v) is 25.2. The topological polar surface area (TPSA) is 209 Å². The van der Waals surface area contributed by atoms with E-state index in [0.717, 1.165) is 0 Å². The van der Waals surface area contributed by atoms with Crippen molar-refractivity contribution in [2.45, 2.75) is 81.9 Å². The summed E-state index contributed by atoms with van der Waals surface area (Å²) >= 11 is 0. The van der Waals surface area contributed by atoms with Crippen LogP contribution >= 0.6 is 0 Å². The van der Waals surface area contributed by atoms with E-state index in [1.807, 2.05) is 0 Å². The molecule has 2 heterocycles. The molecule has 1 aliphatic carbocycles. The molecule has 5 rings (SSSR count). The van der Waals surface area contributed by atoms with Gasteiger partial charge in [0.1, 0.15) is 55.8 Å². The van der Waals surface area contributed by atoms with Gasteiger partial charge in [-0.1, -0.05) is 24.3 Å². The van der Waals surface area contributed by atoms with Crippen LogP contribution in [0.3, 0.4) is 0 Å². The number of aliphatic hydroxyl groups excluding tert-OH is 4. The van der Waals surface area contributed by atoms with Gasteiger partial charge in [-0.3, -0.25) is 15.1 Å². The molecule has 0 bridgehead atoms. The molecule has 14 nitrogen and oxygen atoms in total. The summed E-state index contributed by atoms with van der Waals surface area (Å²) in [6.07, 6.45) is -7.65. The zero-order chi connectivity index (χ0) is 33.3. The number of carbonyl (C=O) groups is 1. The van der Waals surface area contributed by atoms with Gasteiger partial charge < -0.3 is 54.9 Å². The van der Waals surface area contributed by atoms with Crippen LogP contribution in [-0.4, -0.2) is 97.9 Å². The van der Waals surface area contributed by atoms with Crippen molar-refractivity contribution in [3.8, 4) is 11.5 Å².